The van der Waals surface area contributed by atoms with Crippen LogP contribution in [0.3, 0.4) is 0 Å². The molecule has 0 spiro atoms. The molecule has 2 aromatic heterocycles. The first-order valence-electron chi connectivity index (χ1n) is 8.19. The van der Waals surface area contributed by atoms with Crippen molar-refractivity contribution in [3.8, 4) is 5.75 Å². The van der Waals surface area contributed by atoms with E-state index in [4.69, 9.17) is 9.15 Å². The van der Waals surface area contributed by atoms with Crippen LogP contribution in [0.4, 0.5) is 0 Å². The molecule has 2 heterocycles. The number of rotatable bonds is 7. The van der Waals surface area contributed by atoms with Gasteiger partial charge in [0.05, 0.1) is 19.9 Å². The van der Waals surface area contributed by atoms with Gasteiger partial charge in [-0.15, -0.1) is 0 Å². The quantitative estimate of drug-likeness (QED) is 0.713. The van der Waals surface area contributed by atoms with E-state index in [1.54, 1.807) is 13.4 Å². The Labute approximate surface area is 143 Å². The van der Waals surface area contributed by atoms with Gasteiger partial charge in [0.25, 0.3) is 0 Å². The van der Waals surface area contributed by atoms with E-state index in [1.807, 2.05) is 24.3 Å². The highest BCUT2D eigenvalue weighted by molar-refractivity contribution is 5.29. The van der Waals surface area contributed by atoms with Crippen molar-refractivity contribution in [3.63, 3.8) is 0 Å². The summed E-state index contributed by atoms with van der Waals surface area (Å²) in [6.07, 6.45) is 1.72. The van der Waals surface area contributed by atoms with Crippen LogP contribution in [0.1, 0.15) is 28.3 Å². The second-order valence-electron chi connectivity index (χ2n) is 6.01. The van der Waals surface area contributed by atoms with Crippen LogP contribution in [0.2, 0.25) is 0 Å². The van der Waals surface area contributed by atoms with Crippen molar-refractivity contribution in [2.75, 3.05) is 7.11 Å². The van der Waals surface area contributed by atoms with Crippen LogP contribution in [0.25, 0.3) is 0 Å². The molecular formula is C20H24N2O2. The van der Waals surface area contributed by atoms with E-state index in [9.17, 15) is 0 Å². The van der Waals surface area contributed by atoms with Gasteiger partial charge in [0.1, 0.15) is 11.5 Å². The molecule has 3 rings (SSSR count). The highest BCUT2D eigenvalue weighted by Crippen LogP contribution is 2.18. The monoisotopic (exact) mass is 324 g/mol. The summed E-state index contributed by atoms with van der Waals surface area (Å²) >= 11 is 0. The minimum absolute atomic E-state index is 0.781. The molecule has 0 aliphatic rings. The molecule has 1 aromatic carbocycles. The molecule has 0 bridgehead atoms. The minimum Gasteiger partial charge on any atom is -0.497 e. The molecule has 0 amide bonds. The number of hydrogen-bond acceptors (Lipinski definition) is 3. The summed E-state index contributed by atoms with van der Waals surface area (Å²) in [6, 6.07) is 14.4. The third kappa shape index (κ3) is 3.71. The van der Waals surface area contributed by atoms with E-state index < -0.39 is 0 Å². The molecule has 0 saturated carbocycles. The lowest BCUT2D eigenvalue weighted by Gasteiger charge is -2.09. The number of benzene rings is 1. The van der Waals surface area contributed by atoms with E-state index in [2.05, 4.69) is 41.9 Å². The lowest BCUT2D eigenvalue weighted by Crippen LogP contribution is -2.13. The number of aromatic nitrogens is 1. The molecule has 126 valence electrons. The maximum Gasteiger partial charge on any atom is 0.123 e. The third-order valence-electron chi connectivity index (χ3n) is 4.38. The van der Waals surface area contributed by atoms with Gasteiger partial charge in [0, 0.05) is 24.5 Å². The lowest BCUT2D eigenvalue weighted by atomic mass is 10.2. The van der Waals surface area contributed by atoms with Crippen LogP contribution in [-0.4, -0.2) is 11.7 Å². The highest BCUT2D eigenvalue weighted by atomic mass is 16.5. The topological polar surface area (TPSA) is 39.3 Å². The molecule has 24 heavy (non-hydrogen) atoms. The molecular weight excluding hydrogens is 300 g/mol. The Hall–Kier alpha value is -2.46. The Morgan fingerprint density at radius 3 is 2.54 bits per heavy atom. The first-order valence-corrected chi connectivity index (χ1v) is 8.19. The summed E-state index contributed by atoms with van der Waals surface area (Å²) < 4.78 is 12.9. The summed E-state index contributed by atoms with van der Waals surface area (Å²) in [7, 11) is 1.69. The Morgan fingerprint density at radius 2 is 1.88 bits per heavy atom. The average Bonchev–Trinajstić information content (AvgIpc) is 3.20. The average molecular weight is 324 g/mol. The number of furan rings is 1. The summed E-state index contributed by atoms with van der Waals surface area (Å²) in [4.78, 5) is 0. The van der Waals surface area contributed by atoms with Crippen molar-refractivity contribution in [2.45, 2.75) is 33.5 Å². The number of nitrogens with one attached hydrogen (secondary N) is 1. The molecule has 0 fully saturated rings. The maximum absolute atomic E-state index is 5.47. The predicted octanol–water partition coefficient (Wildman–Crippen LogP) is 4.04. The Kier molecular flexibility index (Phi) is 5.06. The summed E-state index contributed by atoms with van der Waals surface area (Å²) in [5.74, 6) is 1.87. The fourth-order valence-corrected chi connectivity index (χ4v) is 2.94. The molecule has 0 aliphatic heterocycles. The third-order valence-corrected chi connectivity index (χ3v) is 4.38. The van der Waals surface area contributed by atoms with E-state index in [0.29, 0.717) is 0 Å². The molecule has 0 unspecified atom stereocenters. The second-order valence-corrected chi connectivity index (χ2v) is 6.01. The van der Waals surface area contributed by atoms with Crippen LogP contribution in [-0.2, 0) is 19.6 Å². The molecule has 0 atom stereocenters. The molecule has 1 N–H and O–H groups in total. The Balaban J connectivity index is 1.60. The van der Waals surface area contributed by atoms with Gasteiger partial charge in [-0.05, 0) is 55.3 Å². The van der Waals surface area contributed by atoms with Crippen LogP contribution in [0.15, 0.2) is 53.1 Å². The molecule has 0 aliphatic carbocycles. The second kappa shape index (κ2) is 7.41. The molecule has 0 saturated heterocycles. The Morgan fingerprint density at radius 1 is 1.08 bits per heavy atom. The lowest BCUT2D eigenvalue weighted by molar-refractivity contribution is 0.414. The zero-order valence-corrected chi connectivity index (χ0v) is 14.5. The SMILES string of the molecule is COc1ccc(CNCc2cc(C)n(Cc3ccco3)c2C)cc1. The zero-order valence-electron chi connectivity index (χ0n) is 14.5. The first-order chi connectivity index (χ1) is 11.7. The number of nitrogens with zero attached hydrogens (tertiary/aromatic N) is 1. The molecule has 4 heteroatoms. The van der Waals surface area contributed by atoms with Crippen molar-refractivity contribution in [3.05, 3.63) is 77.0 Å². The normalized spacial score (nSPS) is 11.0. The number of aryl methyl sites for hydroxylation is 1. The van der Waals surface area contributed by atoms with Crippen molar-refractivity contribution >= 4 is 0 Å². The van der Waals surface area contributed by atoms with Gasteiger partial charge < -0.3 is 19.0 Å². The number of methoxy groups -OCH3 is 1. The van der Waals surface area contributed by atoms with Crippen molar-refractivity contribution in [1.82, 2.24) is 9.88 Å². The Bertz CT molecular complexity index is 771. The highest BCUT2D eigenvalue weighted by Gasteiger charge is 2.10. The first kappa shape index (κ1) is 16.4. The van der Waals surface area contributed by atoms with E-state index >= 15 is 0 Å². The molecule has 0 radical (unpaired) electrons. The molecule has 4 nitrogen and oxygen atoms in total. The fraction of sp³-hybridized carbons (Fsp3) is 0.300. The smallest absolute Gasteiger partial charge is 0.123 e. The van der Waals surface area contributed by atoms with Crippen molar-refractivity contribution in [1.29, 1.82) is 0 Å². The fourth-order valence-electron chi connectivity index (χ4n) is 2.94. The van der Waals surface area contributed by atoms with Gasteiger partial charge >= 0.3 is 0 Å². The predicted molar refractivity (Wildman–Crippen MR) is 95.3 cm³/mol. The van der Waals surface area contributed by atoms with E-state index in [1.165, 1.54) is 22.5 Å². The number of hydrogen-bond donors (Lipinski definition) is 1. The van der Waals surface area contributed by atoms with Gasteiger partial charge in [-0.2, -0.15) is 0 Å². The largest absolute Gasteiger partial charge is 0.497 e. The van der Waals surface area contributed by atoms with Gasteiger partial charge in [-0.25, -0.2) is 0 Å². The number of ether oxygens (including phenoxy) is 1. The van der Waals surface area contributed by atoms with Gasteiger partial charge in [-0.1, -0.05) is 12.1 Å². The van der Waals surface area contributed by atoms with Crippen LogP contribution in [0, 0.1) is 13.8 Å². The van der Waals surface area contributed by atoms with Crippen molar-refractivity contribution < 1.29 is 9.15 Å². The standard InChI is InChI=1S/C20H24N2O2/c1-15-11-18(16(2)22(15)14-20-5-4-10-24-20)13-21-12-17-6-8-19(23-3)9-7-17/h4-11,21H,12-14H2,1-3H3. The minimum atomic E-state index is 0.781. The van der Waals surface area contributed by atoms with Gasteiger partial charge in [0.2, 0.25) is 0 Å². The van der Waals surface area contributed by atoms with E-state index in [0.717, 1.165) is 31.1 Å². The van der Waals surface area contributed by atoms with E-state index in [-0.39, 0.29) is 0 Å². The summed E-state index contributed by atoms with van der Waals surface area (Å²) in [5, 5.41) is 3.52. The molecule has 3 aromatic rings. The summed E-state index contributed by atoms with van der Waals surface area (Å²) in [5.41, 5.74) is 5.11. The van der Waals surface area contributed by atoms with Gasteiger partial charge in [-0.3, -0.25) is 0 Å². The van der Waals surface area contributed by atoms with Crippen LogP contribution < -0.4 is 10.1 Å². The van der Waals surface area contributed by atoms with Gasteiger partial charge in [0.15, 0.2) is 0 Å². The van der Waals surface area contributed by atoms with Crippen LogP contribution >= 0.6 is 0 Å². The van der Waals surface area contributed by atoms with Crippen molar-refractivity contribution in [2.24, 2.45) is 0 Å². The summed E-state index contributed by atoms with van der Waals surface area (Å²) in [6.45, 7) is 6.78. The van der Waals surface area contributed by atoms with Crippen LogP contribution in [0.5, 0.6) is 5.75 Å². The zero-order chi connectivity index (χ0) is 16.9. The maximum atomic E-state index is 5.47.